The predicted octanol–water partition coefficient (Wildman–Crippen LogP) is 5.71. The molecule has 2 nitrogen and oxygen atoms in total. The monoisotopic (exact) mass is 411 g/mol. The van der Waals surface area contributed by atoms with Gasteiger partial charge in [0.1, 0.15) is 23.5 Å². The van der Waals surface area contributed by atoms with E-state index in [0.29, 0.717) is 12.0 Å². The summed E-state index contributed by atoms with van der Waals surface area (Å²) in [6.07, 6.45) is 1.67. The zero-order valence-electron chi connectivity index (χ0n) is 15.7. The molecule has 2 aliphatic rings. The molecule has 2 unspecified atom stereocenters. The van der Waals surface area contributed by atoms with Crippen molar-refractivity contribution in [1.29, 1.82) is 0 Å². The number of fused-ring (bicyclic) bond motifs is 3. The number of ether oxygens (including phenoxy) is 1. The van der Waals surface area contributed by atoms with Crippen LogP contribution < -0.4 is 10.1 Å². The standard InChI is InChI=1S/C24H20ClF2NO/c25-17-11-20(26)23(21(27)12-17)15-9-16(8-14-4-2-1-3-5-14)24-18(10-15)19-13-28-7-6-22(19)29-24/h1-5,9-12,19,22,28H,6-8,13H2. The van der Waals surface area contributed by atoms with E-state index in [0.717, 1.165) is 54.1 Å². The van der Waals surface area contributed by atoms with Gasteiger partial charge < -0.3 is 10.1 Å². The van der Waals surface area contributed by atoms with Crippen LogP contribution in [-0.2, 0) is 6.42 Å². The number of hydrogen-bond donors (Lipinski definition) is 1. The van der Waals surface area contributed by atoms with Gasteiger partial charge in [-0.25, -0.2) is 8.78 Å². The molecule has 1 saturated heterocycles. The maximum atomic E-state index is 14.7. The van der Waals surface area contributed by atoms with E-state index in [4.69, 9.17) is 16.3 Å². The Kier molecular flexibility index (Phi) is 4.76. The highest BCUT2D eigenvalue weighted by atomic mass is 35.5. The highest BCUT2D eigenvalue weighted by molar-refractivity contribution is 6.30. The summed E-state index contributed by atoms with van der Waals surface area (Å²) in [6, 6.07) is 16.1. The molecule has 2 heterocycles. The van der Waals surface area contributed by atoms with E-state index < -0.39 is 11.6 Å². The molecule has 3 aromatic rings. The van der Waals surface area contributed by atoms with Crippen LogP contribution in [-0.4, -0.2) is 19.2 Å². The minimum absolute atomic E-state index is 0.0428. The number of halogens is 3. The van der Waals surface area contributed by atoms with E-state index in [-0.39, 0.29) is 22.6 Å². The fraction of sp³-hybridized carbons (Fsp3) is 0.250. The third kappa shape index (κ3) is 3.41. The Morgan fingerprint density at radius 2 is 1.79 bits per heavy atom. The minimum Gasteiger partial charge on any atom is -0.489 e. The molecule has 0 bridgehead atoms. The van der Waals surface area contributed by atoms with Crippen molar-refractivity contribution in [1.82, 2.24) is 5.32 Å². The van der Waals surface area contributed by atoms with Crippen LogP contribution in [0.3, 0.4) is 0 Å². The van der Waals surface area contributed by atoms with Gasteiger partial charge in [0.25, 0.3) is 0 Å². The lowest BCUT2D eigenvalue weighted by molar-refractivity contribution is 0.171. The molecule has 2 aliphatic heterocycles. The molecule has 1 N–H and O–H groups in total. The van der Waals surface area contributed by atoms with Gasteiger partial charge in [0, 0.05) is 29.5 Å². The number of piperidine rings is 1. The molecule has 5 rings (SSSR count). The van der Waals surface area contributed by atoms with Crippen molar-refractivity contribution >= 4 is 11.6 Å². The minimum atomic E-state index is -0.655. The van der Waals surface area contributed by atoms with Crippen molar-refractivity contribution in [2.24, 2.45) is 0 Å². The molecule has 0 aromatic heterocycles. The van der Waals surface area contributed by atoms with Crippen LogP contribution in [0.15, 0.2) is 54.6 Å². The first-order valence-electron chi connectivity index (χ1n) is 9.83. The summed E-state index contributed by atoms with van der Waals surface area (Å²) < 4.78 is 35.7. The number of rotatable bonds is 3. The van der Waals surface area contributed by atoms with Crippen LogP contribution in [0, 0.1) is 11.6 Å². The Morgan fingerprint density at radius 1 is 1.03 bits per heavy atom. The van der Waals surface area contributed by atoms with Gasteiger partial charge in [-0.2, -0.15) is 0 Å². The third-order valence-corrected chi connectivity index (χ3v) is 6.03. The molecule has 148 valence electrons. The summed E-state index contributed by atoms with van der Waals surface area (Å²) in [5, 5.41) is 3.46. The molecule has 1 fully saturated rings. The van der Waals surface area contributed by atoms with E-state index >= 15 is 0 Å². The highest BCUT2D eigenvalue weighted by Gasteiger charge is 2.38. The smallest absolute Gasteiger partial charge is 0.135 e. The second kappa shape index (κ2) is 7.43. The normalized spacial score (nSPS) is 20.1. The van der Waals surface area contributed by atoms with E-state index in [1.807, 2.05) is 42.5 Å². The van der Waals surface area contributed by atoms with Crippen LogP contribution >= 0.6 is 11.6 Å². The largest absolute Gasteiger partial charge is 0.489 e. The third-order valence-electron chi connectivity index (χ3n) is 5.81. The lowest BCUT2D eigenvalue weighted by Gasteiger charge is -2.24. The Hall–Kier alpha value is -2.43. The first-order valence-corrected chi connectivity index (χ1v) is 10.2. The van der Waals surface area contributed by atoms with Crippen molar-refractivity contribution in [2.45, 2.75) is 24.9 Å². The summed E-state index contributed by atoms with van der Waals surface area (Å²) in [4.78, 5) is 0. The van der Waals surface area contributed by atoms with Crippen molar-refractivity contribution < 1.29 is 13.5 Å². The molecule has 2 atom stereocenters. The van der Waals surface area contributed by atoms with E-state index in [1.54, 1.807) is 0 Å². The fourth-order valence-corrected chi connectivity index (χ4v) is 4.67. The summed E-state index contributed by atoms with van der Waals surface area (Å²) >= 11 is 5.82. The fourth-order valence-electron chi connectivity index (χ4n) is 4.48. The lowest BCUT2D eigenvalue weighted by atomic mass is 9.87. The van der Waals surface area contributed by atoms with Crippen molar-refractivity contribution in [3.05, 3.63) is 87.9 Å². The van der Waals surface area contributed by atoms with Gasteiger partial charge in [-0.05, 0) is 53.9 Å². The van der Waals surface area contributed by atoms with Crippen molar-refractivity contribution in [3.8, 4) is 16.9 Å². The summed E-state index contributed by atoms with van der Waals surface area (Å²) in [5.41, 5.74) is 3.58. The van der Waals surface area contributed by atoms with Gasteiger partial charge in [0.2, 0.25) is 0 Å². The SMILES string of the molecule is Fc1cc(Cl)cc(F)c1-c1cc(Cc2ccccc2)c2c(c1)C1CNCCC1O2. The summed E-state index contributed by atoms with van der Waals surface area (Å²) in [5.74, 6) is -0.256. The topological polar surface area (TPSA) is 21.3 Å². The Balaban J connectivity index is 1.67. The number of benzene rings is 3. The summed E-state index contributed by atoms with van der Waals surface area (Å²) in [6.45, 7) is 1.72. The molecule has 0 amide bonds. The molecule has 0 aliphatic carbocycles. The zero-order valence-corrected chi connectivity index (χ0v) is 16.5. The molecular formula is C24H20ClF2NO. The van der Waals surface area contributed by atoms with Crippen LogP contribution in [0.4, 0.5) is 8.78 Å². The highest BCUT2D eigenvalue weighted by Crippen LogP contribution is 2.46. The number of hydrogen-bond acceptors (Lipinski definition) is 2. The molecule has 29 heavy (non-hydrogen) atoms. The van der Waals surface area contributed by atoms with E-state index in [9.17, 15) is 8.78 Å². The Labute approximate surface area is 173 Å². The van der Waals surface area contributed by atoms with E-state index in [1.165, 1.54) is 0 Å². The van der Waals surface area contributed by atoms with Crippen molar-refractivity contribution in [2.75, 3.05) is 13.1 Å². The van der Waals surface area contributed by atoms with Crippen LogP contribution in [0.25, 0.3) is 11.1 Å². The first-order chi connectivity index (χ1) is 14.1. The Bertz CT molecular complexity index is 1050. The molecule has 3 aromatic carbocycles. The first kappa shape index (κ1) is 18.6. The summed E-state index contributed by atoms with van der Waals surface area (Å²) in [7, 11) is 0. The average molecular weight is 412 g/mol. The molecule has 0 spiro atoms. The molecule has 0 saturated carbocycles. The van der Waals surface area contributed by atoms with E-state index in [2.05, 4.69) is 5.32 Å². The lowest BCUT2D eigenvalue weighted by Crippen LogP contribution is -2.37. The second-order valence-electron chi connectivity index (χ2n) is 7.72. The van der Waals surface area contributed by atoms with Gasteiger partial charge in [-0.3, -0.25) is 0 Å². The average Bonchev–Trinajstić information content (AvgIpc) is 3.07. The van der Waals surface area contributed by atoms with Crippen molar-refractivity contribution in [3.63, 3.8) is 0 Å². The van der Waals surface area contributed by atoms with Gasteiger partial charge >= 0.3 is 0 Å². The van der Waals surface area contributed by atoms with Gasteiger partial charge in [0.15, 0.2) is 0 Å². The van der Waals surface area contributed by atoms with Crippen LogP contribution in [0.1, 0.15) is 29.0 Å². The number of nitrogens with one attached hydrogen (secondary N) is 1. The maximum Gasteiger partial charge on any atom is 0.135 e. The van der Waals surface area contributed by atoms with Gasteiger partial charge in [-0.15, -0.1) is 0 Å². The molecule has 5 heteroatoms. The van der Waals surface area contributed by atoms with Crippen LogP contribution in [0.2, 0.25) is 5.02 Å². The Morgan fingerprint density at radius 3 is 2.55 bits per heavy atom. The molecule has 0 radical (unpaired) electrons. The predicted molar refractivity (Wildman–Crippen MR) is 111 cm³/mol. The van der Waals surface area contributed by atoms with Gasteiger partial charge in [0.05, 0.1) is 5.56 Å². The zero-order chi connectivity index (χ0) is 20.0. The molecular weight excluding hydrogens is 392 g/mol. The maximum absolute atomic E-state index is 14.7. The van der Waals surface area contributed by atoms with Crippen LogP contribution in [0.5, 0.6) is 5.75 Å². The second-order valence-corrected chi connectivity index (χ2v) is 8.15. The van der Waals surface area contributed by atoms with Gasteiger partial charge in [-0.1, -0.05) is 41.9 Å². The quantitative estimate of drug-likeness (QED) is 0.595.